The Balaban J connectivity index is 3.62. The van der Waals surface area contributed by atoms with Crippen LogP contribution in [-0.4, -0.2) is 11.9 Å². The van der Waals surface area contributed by atoms with Crippen LogP contribution in [0.4, 0.5) is 0 Å². The molecule has 0 aliphatic heterocycles. The van der Waals surface area contributed by atoms with Crippen molar-refractivity contribution in [3.63, 3.8) is 0 Å². The van der Waals surface area contributed by atoms with Gasteiger partial charge in [-0.05, 0) is 5.41 Å². The van der Waals surface area contributed by atoms with Crippen LogP contribution in [-0.2, 0) is 0 Å². The maximum Gasteiger partial charge on any atom is 0.0380 e. The van der Waals surface area contributed by atoms with Crippen molar-refractivity contribution in [3.05, 3.63) is 0 Å². The fraction of sp³-hybridized carbons (Fsp3) is 1.00. The third kappa shape index (κ3) is 2.53. The summed E-state index contributed by atoms with van der Waals surface area (Å²) in [4.78, 5) is 0. The molecular weight excluding hydrogens is 122 g/mol. The number of rotatable bonds is 1. The molecule has 50 valence electrons. The van der Waals surface area contributed by atoms with E-state index >= 15 is 0 Å². The van der Waals surface area contributed by atoms with Gasteiger partial charge in [-0.1, -0.05) is 20.8 Å². The van der Waals surface area contributed by atoms with E-state index in [1.54, 1.807) is 0 Å². The minimum atomic E-state index is 0.115. The Morgan fingerprint density at radius 1 is 1.50 bits per heavy atom. The molecule has 0 radical (unpaired) electrons. The maximum atomic E-state index is 5.62. The molecule has 0 aliphatic carbocycles. The molecule has 0 amide bonds. The van der Waals surface area contributed by atoms with Crippen LogP contribution < -0.4 is 5.73 Å². The fourth-order valence-corrected chi connectivity index (χ4v) is 0.694. The normalized spacial score (nSPS) is 16.1. The van der Waals surface area contributed by atoms with Crippen molar-refractivity contribution in [1.29, 1.82) is 0 Å². The zero-order valence-electron chi connectivity index (χ0n) is 5.74. The van der Waals surface area contributed by atoms with Crippen molar-refractivity contribution >= 4 is 11.6 Å². The van der Waals surface area contributed by atoms with Gasteiger partial charge in [-0.3, -0.25) is 0 Å². The molecule has 1 nitrogen and oxygen atoms in total. The summed E-state index contributed by atoms with van der Waals surface area (Å²) >= 11 is 5.51. The van der Waals surface area contributed by atoms with Gasteiger partial charge in [0.25, 0.3) is 0 Å². The predicted molar refractivity (Wildman–Crippen MR) is 38.2 cm³/mol. The highest BCUT2D eigenvalue weighted by molar-refractivity contribution is 6.18. The number of hydrogen-bond acceptors (Lipinski definition) is 1. The highest BCUT2D eigenvalue weighted by Gasteiger charge is 2.18. The summed E-state index contributed by atoms with van der Waals surface area (Å²) in [6, 6.07) is 0.115. The average Bonchev–Trinajstić information content (AvgIpc) is 1.62. The molecule has 1 atom stereocenters. The molecule has 0 saturated heterocycles. The third-order valence-electron chi connectivity index (χ3n) is 1.28. The maximum absolute atomic E-state index is 5.62. The molecule has 0 fully saturated rings. The SMILES string of the molecule is CC(C)(C)C(N)CCl. The van der Waals surface area contributed by atoms with Gasteiger partial charge in [0.05, 0.1) is 0 Å². The van der Waals surface area contributed by atoms with E-state index in [-0.39, 0.29) is 11.5 Å². The van der Waals surface area contributed by atoms with Crippen LogP contribution in [0.25, 0.3) is 0 Å². The lowest BCUT2D eigenvalue weighted by Gasteiger charge is -2.24. The third-order valence-corrected chi connectivity index (χ3v) is 1.61. The monoisotopic (exact) mass is 135 g/mol. The summed E-state index contributed by atoms with van der Waals surface area (Å²) in [7, 11) is 0. The second kappa shape index (κ2) is 2.70. The van der Waals surface area contributed by atoms with Gasteiger partial charge in [0.1, 0.15) is 0 Å². The van der Waals surface area contributed by atoms with Gasteiger partial charge in [-0.25, -0.2) is 0 Å². The van der Waals surface area contributed by atoms with Crippen molar-refractivity contribution < 1.29 is 0 Å². The quantitative estimate of drug-likeness (QED) is 0.543. The molecule has 2 N–H and O–H groups in total. The Morgan fingerprint density at radius 2 is 1.88 bits per heavy atom. The summed E-state index contributed by atoms with van der Waals surface area (Å²) in [5.74, 6) is 0.545. The van der Waals surface area contributed by atoms with Crippen molar-refractivity contribution in [3.8, 4) is 0 Å². The van der Waals surface area contributed by atoms with Crippen molar-refractivity contribution in [1.82, 2.24) is 0 Å². The van der Waals surface area contributed by atoms with Crippen LogP contribution in [0.1, 0.15) is 20.8 Å². The van der Waals surface area contributed by atoms with E-state index in [2.05, 4.69) is 20.8 Å². The molecule has 0 rings (SSSR count). The second-order valence-corrected chi connectivity index (χ2v) is 3.44. The highest BCUT2D eigenvalue weighted by atomic mass is 35.5. The second-order valence-electron chi connectivity index (χ2n) is 3.13. The zero-order chi connectivity index (χ0) is 6.78. The Hall–Kier alpha value is 0.250. The Morgan fingerprint density at radius 3 is 1.88 bits per heavy atom. The summed E-state index contributed by atoms with van der Waals surface area (Å²) in [6.07, 6.45) is 0. The number of alkyl halides is 1. The van der Waals surface area contributed by atoms with E-state index in [1.807, 2.05) is 0 Å². The molecule has 0 spiro atoms. The summed E-state index contributed by atoms with van der Waals surface area (Å²) in [5, 5.41) is 0. The molecule has 1 unspecified atom stereocenters. The molecule has 8 heavy (non-hydrogen) atoms. The minimum absolute atomic E-state index is 0.115. The molecule has 0 bridgehead atoms. The lowest BCUT2D eigenvalue weighted by Crippen LogP contribution is -2.36. The van der Waals surface area contributed by atoms with Gasteiger partial charge in [0, 0.05) is 11.9 Å². The molecule has 0 aliphatic rings. The van der Waals surface area contributed by atoms with E-state index in [9.17, 15) is 0 Å². The first kappa shape index (κ1) is 8.25. The highest BCUT2D eigenvalue weighted by Crippen LogP contribution is 2.17. The minimum Gasteiger partial charge on any atom is -0.326 e. The first-order valence-corrected chi connectivity index (χ1v) is 3.33. The lowest BCUT2D eigenvalue weighted by molar-refractivity contribution is 0.343. The van der Waals surface area contributed by atoms with E-state index in [4.69, 9.17) is 17.3 Å². The Labute approximate surface area is 56.2 Å². The Bertz CT molecular complexity index is 65.4. The first-order chi connectivity index (χ1) is 3.48. The van der Waals surface area contributed by atoms with Gasteiger partial charge < -0.3 is 5.73 Å². The van der Waals surface area contributed by atoms with Gasteiger partial charge in [0.15, 0.2) is 0 Å². The van der Waals surface area contributed by atoms with E-state index in [0.717, 1.165) is 0 Å². The van der Waals surface area contributed by atoms with Gasteiger partial charge in [-0.2, -0.15) is 0 Å². The molecule has 0 aromatic heterocycles. The average molecular weight is 136 g/mol. The van der Waals surface area contributed by atoms with Crippen LogP contribution in [0, 0.1) is 5.41 Å². The van der Waals surface area contributed by atoms with E-state index in [0.29, 0.717) is 5.88 Å². The lowest BCUT2D eigenvalue weighted by atomic mass is 9.89. The summed E-state index contributed by atoms with van der Waals surface area (Å²) in [5.41, 5.74) is 5.77. The zero-order valence-corrected chi connectivity index (χ0v) is 6.50. The topological polar surface area (TPSA) is 26.0 Å². The number of nitrogens with two attached hydrogens (primary N) is 1. The van der Waals surface area contributed by atoms with Crippen molar-refractivity contribution in [2.75, 3.05) is 5.88 Å². The van der Waals surface area contributed by atoms with Gasteiger partial charge in [0.2, 0.25) is 0 Å². The van der Waals surface area contributed by atoms with Crippen molar-refractivity contribution in [2.24, 2.45) is 11.1 Å². The smallest absolute Gasteiger partial charge is 0.0380 e. The largest absolute Gasteiger partial charge is 0.326 e. The van der Waals surface area contributed by atoms with Gasteiger partial charge in [-0.15, -0.1) is 11.6 Å². The van der Waals surface area contributed by atoms with E-state index < -0.39 is 0 Å². The van der Waals surface area contributed by atoms with Crippen LogP contribution in [0.15, 0.2) is 0 Å². The first-order valence-electron chi connectivity index (χ1n) is 2.80. The standard InChI is InChI=1S/C6H14ClN/c1-6(2,3)5(8)4-7/h5H,4,8H2,1-3H3. The molecular formula is C6H14ClN. The molecule has 0 saturated carbocycles. The molecule has 2 heteroatoms. The molecule has 0 aromatic carbocycles. The van der Waals surface area contributed by atoms with Crippen LogP contribution in [0.3, 0.4) is 0 Å². The van der Waals surface area contributed by atoms with Gasteiger partial charge >= 0.3 is 0 Å². The molecule has 0 aromatic rings. The van der Waals surface area contributed by atoms with Crippen LogP contribution in [0.5, 0.6) is 0 Å². The predicted octanol–water partition coefficient (Wildman–Crippen LogP) is 1.60. The Kier molecular flexibility index (Phi) is 2.78. The molecule has 0 heterocycles. The summed E-state index contributed by atoms with van der Waals surface area (Å²) < 4.78 is 0. The van der Waals surface area contributed by atoms with Crippen LogP contribution >= 0.6 is 11.6 Å². The summed E-state index contributed by atoms with van der Waals surface area (Å²) in [6.45, 7) is 6.25. The number of halogens is 1. The van der Waals surface area contributed by atoms with Crippen molar-refractivity contribution in [2.45, 2.75) is 26.8 Å². The fourth-order valence-electron chi connectivity index (χ4n) is 0.231. The van der Waals surface area contributed by atoms with E-state index in [1.165, 1.54) is 0 Å². The number of hydrogen-bond donors (Lipinski definition) is 1. The van der Waals surface area contributed by atoms with Crippen LogP contribution in [0.2, 0.25) is 0 Å².